The Labute approximate surface area is 113 Å². The minimum absolute atomic E-state index is 1.10. The average molecular weight is 242 g/mol. The predicted octanol–water partition coefficient (Wildman–Crippen LogP) is 4.40. The van der Waals surface area contributed by atoms with Gasteiger partial charge in [0, 0.05) is 0 Å². The van der Waals surface area contributed by atoms with Crippen LogP contribution in [0, 0.1) is 0 Å². The lowest BCUT2D eigenvalue weighted by Gasteiger charge is -2.15. The Kier molecular flexibility index (Phi) is 1.69. The lowest BCUT2D eigenvalue weighted by atomic mass is 9.89. The van der Waals surface area contributed by atoms with Crippen LogP contribution in [0.25, 0.3) is 23.3 Å². The lowest BCUT2D eigenvalue weighted by molar-refractivity contribution is 1.16. The Hall–Kier alpha value is -2.08. The van der Waals surface area contributed by atoms with Crippen molar-refractivity contribution in [1.29, 1.82) is 0 Å². The first-order valence-electron chi connectivity index (χ1n) is 7.05. The lowest BCUT2D eigenvalue weighted by Crippen LogP contribution is -1.98. The molecule has 0 heteroatoms. The molecule has 0 aromatic heterocycles. The van der Waals surface area contributed by atoms with Crippen molar-refractivity contribution in [3.63, 3.8) is 0 Å². The monoisotopic (exact) mass is 242 g/mol. The van der Waals surface area contributed by atoms with Crippen molar-refractivity contribution in [2.75, 3.05) is 0 Å². The first-order chi connectivity index (χ1) is 9.43. The van der Waals surface area contributed by atoms with Crippen LogP contribution in [-0.4, -0.2) is 0 Å². The predicted molar refractivity (Wildman–Crippen MR) is 80.2 cm³/mol. The van der Waals surface area contributed by atoms with Gasteiger partial charge in [0.15, 0.2) is 0 Å². The summed E-state index contributed by atoms with van der Waals surface area (Å²) in [4.78, 5) is 0. The van der Waals surface area contributed by atoms with E-state index >= 15 is 0 Å². The summed E-state index contributed by atoms with van der Waals surface area (Å²) in [6.07, 6.45) is 12.6. The number of fused-ring (bicyclic) bond motifs is 8. The number of allylic oxidation sites excluding steroid dienone is 2. The van der Waals surface area contributed by atoms with E-state index in [1.165, 1.54) is 22.3 Å². The molecule has 2 aromatic carbocycles. The normalized spacial score (nSPS) is 16.4. The number of hydrogen-bond donors (Lipinski definition) is 0. The van der Waals surface area contributed by atoms with E-state index in [9.17, 15) is 0 Å². The second kappa shape index (κ2) is 3.27. The molecule has 2 aromatic rings. The minimum Gasteiger partial charge on any atom is -0.0795 e. The maximum absolute atomic E-state index is 2.33. The maximum atomic E-state index is 2.33. The fourth-order valence-electron chi connectivity index (χ4n) is 4.00. The van der Waals surface area contributed by atoms with Gasteiger partial charge in [-0.2, -0.15) is 0 Å². The molecule has 0 radical (unpaired) electrons. The van der Waals surface area contributed by atoms with Gasteiger partial charge >= 0.3 is 0 Å². The highest BCUT2D eigenvalue weighted by Gasteiger charge is 2.29. The van der Waals surface area contributed by atoms with Crippen molar-refractivity contribution in [2.45, 2.75) is 19.3 Å². The molecule has 0 amide bonds. The highest BCUT2D eigenvalue weighted by molar-refractivity contribution is 5.90. The van der Waals surface area contributed by atoms with Crippen LogP contribution in [0.4, 0.5) is 0 Å². The third kappa shape index (κ3) is 1.10. The Morgan fingerprint density at radius 3 is 2.37 bits per heavy atom. The number of benzene rings is 2. The molecule has 3 aliphatic carbocycles. The zero-order valence-corrected chi connectivity index (χ0v) is 10.7. The van der Waals surface area contributed by atoms with E-state index in [4.69, 9.17) is 0 Å². The van der Waals surface area contributed by atoms with Crippen LogP contribution in [0.5, 0.6) is 0 Å². The fourth-order valence-corrected chi connectivity index (χ4v) is 4.00. The summed E-state index contributed by atoms with van der Waals surface area (Å²) in [5, 5.41) is 0. The van der Waals surface area contributed by atoms with E-state index in [0.717, 1.165) is 19.3 Å². The highest BCUT2D eigenvalue weighted by Crippen LogP contribution is 2.47. The van der Waals surface area contributed by atoms with Crippen molar-refractivity contribution in [3.8, 4) is 11.1 Å². The third-order valence-corrected chi connectivity index (χ3v) is 4.78. The van der Waals surface area contributed by atoms with E-state index in [-0.39, 0.29) is 0 Å². The molecule has 3 aliphatic rings. The van der Waals surface area contributed by atoms with Crippen LogP contribution in [0.1, 0.15) is 33.4 Å². The van der Waals surface area contributed by atoms with Gasteiger partial charge in [-0.25, -0.2) is 0 Å². The van der Waals surface area contributed by atoms with Crippen LogP contribution in [0.15, 0.2) is 36.4 Å². The molecule has 5 rings (SSSR count). The molecule has 0 fully saturated rings. The summed E-state index contributed by atoms with van der Waals surface area (Å²) in [5.41, 5.74) is 12.3. The van der Waals surface area contributed by atoms with Crippen molar-refractivity contribution in [3.05, 3.63) is 69.8 Å². The first-order valence-corrected chi connectivity index (χ1v) is 7.05. The van der Waals surface area contributed by atoms with Crippen molar-refractivity contribution >= 4 is 12.2 Å². The Bertz CT molecular complexity index is 788. The average Bonchev–Trinajstić information content (AvgIpc) is 3.14. The van der Waals surface area contributed by atoms with Crippen molar-refractivity contribution < 1.29 is 0 Å². The summed E-state index contributed by atoms with van der Waals surface area (Å²) in [5.74, 6) is 0. The van der Waals surface area contributed by atoms with Gasteiger partial charge in [0.2, 0.25) is 0 Å². The molecule has 0 aliphatic heterocycles. The molecule has 0 N–H and O–H groups in total. The second-order valence-electron chi connectivity index (χ2n) is 5.68. The van der Waals surface area contributed by atoms with E-state index in [1.807, 2.05) is 0 Å². The second-order valence-corrected chi connectivity index (χ2v) is 5.68. The van der Waals surface area contributed by atoms with Gasteiger partial charge in [-0.05, 0) is 63.8 Å². The summed E-state index contributed by atoms with van der Waals surface area (Å²) in [6.45, 7) is 0. The molecular weight excluding hydrogens is 228 g/mol. The van der Waals surface area contributed by atoms with E-state index < -0.39 is 0 Å². The van der Waals surface area contributed by atoms with Gasteiger partial charge < -0.3 is 0 Å². The van der Waals surface area contributed by atoms with Gasteiger partial charge in [0.1, 0.15) is 0 Å². The van der Waals surface area contributed by atoms with Gasteiger partial charge in [-0.15, -0.1) is 0 Å². The fraction of sp³-hybridized carbons (Fsp3) is 0.158. The number of hydrogen-bond acceptors (Lipinski definition) is 0. The zero-order valence-electron chi connectivity index (χ0n) is 10.7. The molecule has 0 nitrogen and oxygen atoms in total. The SMILES string of the molecule is C1=Cc2c3c(c4c(c2C1)Cc1ccccc1-4)CC=C3. The van der Waals surface area contributed by atoms with Gasteiger partial charge in [0.25, 0.3) is 0 Å². The molecule has 0 atom stereocenters. The van der Waals surface area contributed by atoms with Crippen LogP contribution in [0.3, 0.4) is 0 Å². The third-order valence-electron chi connectivity index (χ3n) is 4.78. The molecule has 0 bridgehead atoms. The van der Waals surface area contributed by atoms with Crippen LogP contribution >= 0.6 is 0 Å². The minimum atomic E-state index is 1.10. The van der Waals surface area contributed by atoms with Crippen molar-refractivity contribution in [1.82, 2.24) is 0 Å². The van der Waals surface area contributed by atoms with Gasteiger partial charge in [0.05, 0.1) is 0 Å². The van der Waals surface area contributed by atoms with Crippen molar-refractivity contribution in [2.24, 2.45) is 0 Å². The molecule has 0 saturated carbocycles. The topological polar surface area (TPSA) is 0 Å². The Balaban J connectivity index is 1.93. The standard InChI is InChI=1S/C19H14/c1-2-6-13-12(5-1)11-18-16-9-3-7-14(16)15-8-4-10-17(15)19(13)18/h1-8H,9-11H2. The summed E-state index contributed by atoms with van der Waals surface area (Å²) in [7, 11) is 0. The van der Waals surface area contributed by atoms with Crippen LogP contribution in [-0.2, 0) is 19.3 Å². The van der Waals surface area contributed by atoms with Crippen LogP contribution in [0.2, 0.25) is 0 Å². The smallest absolute Gasteiger partial charge is 0.00103 e. The highest BCUT2D eigenvalue weighted by atomic mass is 14.3. The maximum Gasteiger partial charge on any atom is -0.00103 e. The summed E-state index contributed by atoms with van der Waals surface area (Å²) < 4.78 is 0. The van der Waals surface area contributed by atoms with E-state index in [0.29, 0.717) is 0 Å². The van der Waals surface area contributed by atoms with Crippen LogP contribution < -0.4 is 0 Å². The van der Waals surface area contributed by atoms with E-state index in [2.05, 4.69) is 48.6 Å². The Morgan fingerprint density at radius 2 is 1.47 bits per heavy atom. The molecule has 0 unspecified atom stereocenters. The molecule has 0 heterocycles. The molecule has 90 valence electrons. The molecule has 0 saturated heterocycles. The molecular formula is C19H14. The summed E-state index contributed by atoms with van der Waals surface area (Å²) in [6, 6.07) is 8.93. The molecule has 0 spiro atoms. The van der Waals surface area contributed by atoms with Gasteiger partial charge in [-0.3, -0.25) is 0 Å². The molecule has 19 heavy (non-hydrogen) atoms. The van der Waals surface area contributed by atoms with E-state index in [1.54, 1.807) is 22.3 Å². The Morgan fingerprint density at radius 1 is 0.737 bits per heavy atom. The quantitative estimate of drug-likeness (QED) is 0.548. The first kappa shape index (κ1) is 9.80. The zero-order chi connectivity index (χ0) is 12.4. The number of rotatable bonds is 0. The van der Waals surface area contributed by atoms with Gasteiger partial charge in [-0.1, -0.05) is 48.6 Å². The largest absolute Gasteiger partial charge is 0.0795 e. The summed E-state index contributed by atoms with van der Waals surface area (Å²) >= 11 is 0.